The SMILES string of the molecule is O=P(O)(O)CN(c1ccc2c(ccn2-c2ccc(N3CCCNCC3)nn2)c1)S(=O)(=O)C1C=C(Cl)C=C(Cl)C1. The lowest BCUT2D eigenvalue weighted by atomic mass is 10.2. The second-order valence-electron chi connectivity index (χ2n) is 9.35. The van der Waals surface area contributed by atoms with E-state index >= 15 is 0 Å². The molecule has 5 rings (SSSR count). The smallest absolute Gasteiger partial charge is 0.345 e. The molecule has 0 radical (unpaired) electrons. The first kappa shape index (κ1) is 28.1. The first-order chi connectivity index (χ1) is 18.5. The Morgan fingerprint density at radius 2 is 1.85 bits per heavy atom. The van der Waals surface area contributed by atoms with Gasteiger partial charge in [-0.3, -0.25) is 13.4 Å². The van der Waals surface area contributed by atoms with Gasteiger partial charge in [-0.25, -0.2) is 8.42 Å². The van der Waals surface area contributed by atoms with E-state index in [1.807, 2.05) is 16.7 Å². The first-order valence-electron chi connectivity index (χ1n) is 12.2. The van der Waals surface area contributed by atoms with Gasteiger partial charge in [-0.2, -0.15) is 0 Å². The van der Waals surface area contributed by atoms with Gasteiger partial charge in [0.1, 0.15) is 11.5 Å². The zero-order valence-corrected chi connectivity index (χ0v) is 23.9. The van der Waals surface area contributed by atoms with Crippen molar-refractivity contribution >= 4 is 63.2 Å². The van der Waals surface area contributed by atoms with Crippen molar-refractivity contribution in [3.05, 3.63) is 64.8 Å². The van der Waals surface area contributed by atoms with Crippen molar-refractivity contribution in [2.45, 2.75) is 18.1 Å². The van der Waals surface area contributed by atoms with Crippen molar-refractivity contribution in [2.24, 2.45) is 0 Å². The Morgan fingerprint density at radius 1 is 1.08 bits per heavy atom. The molecule has 208 valence electrons. The lowest BCUT2D eigenvalue weighted by Gasteiger charge is -2.29. The molecule has 1 aromatic carbocycles. The Balaban J connectivity index is 1.46. The number of anilines is 2. The maximum atomic E-state index is 13.6. The Hall–Kier alpha value is -2.44. The minimum Gasteiger partial charge on any atom is -0.354 e. The third-order valence-electron chi connectivity index (χ3n) is 6.55. The van der Waals surface area contributed by atoms with Crippen molar-refractivity contribution in [2.75, 3.05) is 41.7 Å². The molecule has 15 heteroatoms. The fraction of sp³-hybridized carbons (Fsp3) is 0.333. The van der Waals surface area contributed by atoms with E-state index in [-0.39, 0.29) is 22.2 Å². The predicted molar refractivity (Wildman–Crippen MR) is 153 cm³/mol. The van der Waals surface area contributed by atoms with Crippen molar-refractivity contribution in [3.8, 4) is 5.82 Å². The number of hydrogen-bond donors (Lipinski definition) is 3. The van der Waals surface area contributed by atoms with Crippen molar-refractivity contribution in [1.29, 1.82) is 0 Å². The van der Waals surface area contributed by atoms with Crippen LogP contribution in [0.4, 0.5) is 11.5 Å². The van der Waals surface area contributed by atoms with Crippen molar-refractivity contribution in [3.63, 3.8) is 0 Å². The Kier molecular flexibility index (Phi) is 8.08. The van der Waals surface area contributed by atoms with Crippen LogP contribution in [0.25, 0.3) is 16.7 Å². The zero-order valence-electron chi connectivity index (χ0n) is 20.7. The van der Waals surface area contributed by atoms with E-state index in [4.69, 9.17) is 23.2 Å². The molecule has 1 saturated heterocycles. The molecule has 1 unspecified atom stereocenters. The normalized spacial score (nSPS) is 19.0. The van der Waals surface area contributed by atoms with Crippen LogP contribution in [-0.4, -0.2) is 70.7 Å². The monoisotopic (exact) mass is 612 g/mol. The van der Waals surface area contributed by atoms with Crippen LogP contribution >= 0.6 is 30.8 Å². The quantitative estimate of drug-likeness (QED) is 0.342. The standard InChI is InChI=1S/C24H27Cl2N6O5PS/c25-18-13-19(26)15-21(14-18)39(36,37)32(16-38(33,34)35)20-2-3-22-17(12-20)6-10-31(22)24-5-4-23(28-29-24)30-9-1-7-27-8-11-30/h2-6,10,12-14,21,27H,1,7-9,11,15-16H2,(H2,33,34,35). The third-order valence-corrected chi connectivity index (χ3v) is 9.91. The molecule has 11 nitrogen and oxygen atoms in total. The van der Waals surface area contributed by atoms with E-state index in [0.717, 1.165) is 48.2 Å². The molecule has 1 aliphatic carbocycles. The maximum absolute atomic E-state index is 13.6. The van der Waals surface area contributed by atoms with Crippen molar-refractivity contribution < 1.29 is 22.8 Å². The summed E-state index contributed by atoms with van der Waals surface area (Å²) in [6, 6.07) is 10.3. The summed E-state index contributed by atoms with van der Waals surface area (Å²) in [5.74, 6) is 1.38. The second-order valence-corrected chi connectivity index (χ2v) is 14.0. The first-order valence-corrected chi connectivity index (χ1v) is 16.3. The molecule has 0 bridgehead atoms. The largest absolute Gasteiger partial charge is 0.354 e. The molecule has 1 fully saturated rings. The third kappa shape index (κ3) is 6.33. The van der Waals surface area contributed by atoms with E-state index < -0.39 is 29.2 Å². The predicted octanol–water partition coefficient (Wildman–Crippen LogP) is 3.51. The molecule has 39 heavy (non-hydrogen) atoms. The summed E-state index contributed by atoms with van der Waals surface area (Å²) < 4.78 is 41.6. The summed E-state index contributed by atoms with van der Waals surface area (Å²) in [5.41, 5.74) is 0.829. The highest BCUT2D eigenvalue weighted by molar-refractivity contribution is 7.93. The molecular weight excluding hydrogens is 586 g/mol. The fourth-order valence-corrected chi connectivity index (χ4v) is 8.52. The van der Waals surface area contributed by atoms with Gasteiger partial charge >= 0.3 is 7.60 Å². The van der Waals surface area contributed by atoms with Crippen LogP contribution in [-0.2, 0) is 14.6 Å². The van der Waals surface area contributed by atoms with Gasteiger partial charge in [-0.15, -0.1) is 10.2 Å². The van der Waals surface area contributed by atoms with Gasteiger partial charge in [0, 0.05) is 47.7 Å². The van der Waals surface area contributed by atoms with E-state index in [1.54, 1.807) is 24.4 Å². The molecule has 3 heterocycles. The molecule has 3 aromatic rings. The number of rotatable bonds is 7. The number of sulfonamides is 1. The number of benzene rings is 1. The number of nitrogens with one attached hydrogen (secondary N) is 1. The topological polar surface area (TPSA) is 141 Å². The highest BCUT2D eigenvalue weighted by Crippen LogP contribution is 2.41. The highest BCUT2D eigenvalue weighted by Gasteiger charge is 2.36. The van der Waals surface area contributed by atoms with E-state index in [2.05, 4.69) is 20.4 Å². The number of halogens is 2. The zero-order chi connectivity index (χ0) is 27.8. The van der Waals surface area contributed by atoms with Crippen molar-refractivity contribution in [1.82, 2.24) is 20.1 Å². The van der Waals surface area contributed by atoms with E-state index in [1.165, 1.54) is 18.2 Å². The van der Waals surface area contributed by atoms with Crippen LogP contribution < -0.4 is 14.5 Å². The van der Waals surface area contributed by atoms with Gasteiger partial charge in [-0.05, 0) is 61.5 Å². The maximum Gasteiger partial charge on any atom is 0.345 e. The van der Waals surface area contributed by atoms with Gasteiger partial charge < -0.3 is 20.0 Å². The number of fused-ring (bicyclic) bond motifs is 1. The summed E-state index contributed by atoms with van der Waals surface area (Å²) in [7, 11) is -9.07. The number of aromatic nitrogens is 3. The molecule has 3 N–H and O–H groups in total. The molecule has 2 aliphatic rings. The molecule has 0 amide bonds. The lowest BCUT2D eigenvalue weighted by molar-refractivity contribution is 0.373. The summed E-state index contributed by atoms with van der Waals surface area (Å²) >= 11 is 12.1. The average Bonchev–Trinajstić information content (AvgIpc) is 3.10. The number of allylic oxidation sites excluding steroid dienone is 3. The van der Waals surface area contributed by atoms with Crippen LogP contribution in [0.1, 0.15) is 12.8 Å². The molecule has 0 saturated carbocycles. The minimum atomic E-state index is -4.77. The van der Waals surface area contributed by atoms with Crippen LogP contribution in [0.5, 0.6) is 0 Å². The Bertz CT molecular complexity index is 1580. The number of hydrogen-bond acceptors (Lipinski definition) is 7. The Labute approximate surface area is 235 Å². The summed E-state index contributed by atoms with van der Waals surface area (Å²) in [6.45, 7) is 3.61. The average molecular weight is 613 g/mol. The van der Waals surface area contributed by atoms with Crippen LogP contribution in [0.3, 0.4) is 0 Å². The Morgan fingerprint density at radius 3 is 2.56 bits per heavy atom. The van der Waals surface area contributed by atoms with E-state index in [0.29, 0.717) is 11.2 Å². The van der Waals surface area contributed by atoms with E-state index in [9.17, 15) is 22.8 Å². The van der Waals surface area contributed by atoms with Gasteiger partial charge in [-0.1, -0.05) is 23.2 Å². The second kappa shape index (κ2) is 11.2. The van der Waals surface area contributed by atoms with Crippen LogP contribution in [0.2, 0.25) is 0 Å². The molecule has 0 spiro atoms. The highest BCUT2D eigenvalue weighted by atomic mass is 35.5. The van der Waals surface area contributed by atoms with Crippen LogP contribution in [0.15, 0.2) is 64.8 Å². The molecule has 2 aromatic heterocycles. The molecule has 1 aliphatic heterocycles. The van der Waals surface area contributed by atoms with Crippen LogP contribution in [0, 0.1) is 0 Å². The number of nitrogens with zero attached hydrogens (tertiary/aromatic N) is 5. The lowest BCUT2D eigenvalue weighted by Crippen LogP contribution is -2.39. The van der Waals surface area contributed by atoms with Gasteiger partial charge in [0.05, 0.1) is 11.2 Å². The van der Waals surface area contributed by atoms with Gasteiger partial charge in [0.2, 0.25) is 10.0 Å². The molecular formula is C24H27Cl2N6O5PS. The molecule has 1 atom stereocenters. The van der Waals surface area contributed by atoms with Gasteiger partial charge in [0.15, 0.2) is 11.6 Å². The summed E-state index contributed by atoms with van der Waals surface area (Å²) in [4.78, 5) is 21.6. The van der Waals surface area contributed by atoms with Gasteiger partial charge in [0.25, 0.3) is 0 Å². The summed E-state index contributed by atoms with van der Waals surface area (Å²) in [5, 5.41) is 12.0. The fourth-order valence-electron chi connectivity index (χ4n) is 4.69. The summed E-state index contributed by atoms with van der Waals surface area (Å²) in [6.07, 6.45) is 4.48. The minimum absolute atomic E-state index is 0.0566.